The molecule has 0 aromatic carbocycles. The molecular weight excluding hydrogens is 138 g/mol. The summed E-state index contributed by atoms with van der Waals surface area (Å²) < 4.78 is 0. The topological polar surface area (TPSA) is 40.5 Å². The van der Waals surface area contributed by atoms with Crippen molar-refractivity contribution in [1.82, 2.24) is 4.98 Å². The van der Waals surface area contributed by atoms with Crippen LogP contribution in [0.4, 0.5) is 5.82 Å². The zero-order valence-corrected chi connectivity index (χ0v) is 6.33. The summed E-state index contributed by atoms with van der Waals surface area (Å²) in [6.07, 6.45) is 4.40. The highest BCUT2D eigenvalue weighted by molar-refractivity contribution is 5.92. The van der Waals surface area contributed by atoms with E-state index in [1.54, 1.807) is 6.34 Å². The smallest absolute Gasteiger partial charge is 0.135 e. The summed E-state index contributed by atoms with van der Waals surface area (Å²) in [5, 5.41) is 0. The highest BCUT2D eigenvalue weighted by Gasteiger charge is 2.05. The molecule has 3 heteroatoms. The van der Waals surface area contributed by atoms with Gasteiger partial charge < -0.3 is 4.98 Å². The Balaban J connectivity index is 2.47. The average Bonchev–Trinajstić information content (AvgIpc) is 2.31. The first-order chi connectivity index (χ1) is 5.36. The molecule has 0 fully saturated rings. The number of nitrogens with zero attached hydrogens (tertiary/aromatic N) is 2. The van der Waals surface area contributed by atoms with E-state index in [0.29, 0.717) is 0 Å². The second kappa shape index (κ2) is 2.34. The zero-order chi connectivity index (χ0) is 7.68. The van der Waals surface area contributed by atoms with Gasteiger partial charge in [-0.05, 0) is 13.0 Å². The molecule has 56 valence electrons. The fourth-order valence-corrected chi connectivity index (χ4v) is 1.16. The molecule has 1 aliphatic heterocycles. The molecule has 3 nitrogen and oxygen atoms in total. The normalized spacial score (nSPS) is 15.5. The van der Waals surface area contributed by atoms with Crippen molar-refractivity contribution in [3.8, 4) is 0 Å². The Morgan fingerprint density at radius 2 is 2.45 bits per heavy atom. The van der Waals surface area contributed by atoms with E-state index in [2.05, 4.69) is 15.0 Å². The number of hydrogen-bond acceptors (Lipinski definition) is 2. The predicted molar refractivity (Wildman–Crippen MR) is 45.8 cm³/mol. The Morgan fingerprint density at radius 3 is 3.36 bits per heavy atom. The third kappa shape index (κ3) is 1.09. The van der Waals surface area contributed by atoms with Gasteiger partial charge in [-0.3, -0.25) is 0 Å². The molecular formula is C8H9N3. The molecule has 1 aliphatic rings. The molecule has 0 saturated heterocycles. The molecule has 0 radical (unpaired) electrons. The van der Waals surface area contributed by atoms with E-state index < -0.39 is 0 Å². The Bertz CT molecular complexity index is 320. The number of aliphatic imine (C=N–C) groups is 2. The van der Waals surface area contributed by atoms with E-state index in [1.165, 1.54) is 5.56 Å². The first-order valence-corrected chi connectivity index (χ1v) is 3.58. The van der Waals surface area contributed by atoms with Gasteiger partial charge in [-0.2, -0.15) is 0 Å². The first-order valence-electron chi connectivity index (χ1n) is 3.58. The van der Waals surface area contributed by atoms with Crippen molar-refractivity contribution in [2.45, 2.75) is 13.3 Å². The lowest BCUT2D eigenvalue weighted by atomic mass is 10.2. The van der Waals surface area contributed by atoms with Gasteiger partial charge in [0.15, 0.2) is 0 Å². The predicted octanol–water partition coefficient (Wildman–Crippen LogP) is 1.69. The summed E-state index contributed by atoms with van der Waals surface area (Å²) in [6.45, 7) is 2.01. The Hall–Kier alpha value is -1.38. The van der Waals surface area contributed by atoms with Gasteiger partial charge in [0.05, 0.1) is 0 Å². The second-order valence-corrected chi connectivity index (χ2v) is 2.64. The lowest BCUT2D eigenvalue weighted by Gasteiger charge is -1.93. The van der Waals surface area contributed by atoms with Gasteiger partial charge in [-0.15, -0.1) is 0 Å². The monoisotopic (exact) mass is 147 g/mol. The highest BCUT2D eigenvalue weighted by Crippen LogP contribution is 2.18. The summed E-state index contributed by atoms with van der Waals surface area (Å²) in [4.78, 5) is 11.3. The van der Waals surface area contributed by atoms with Crippen LogP contribution in [-0.4, -0.2) is 17.0 Å². The lowest BCUT2D eigenvalue weighted by molar-refractivity contribution is 1.28. The third-order valence-corrected chi connectivity index (χ3v) is 1.72. The minimum absolute atomic E-state index is 0.902. The van der Waals surface area contributed by atoms with Crippen LogP contribution in [0.15, 0.2) is 22.2 Å². The fraction of sp³-hybridized carbons (Fsp3) is 0.250. The Morgan fingerprint density at radius 1 is 1.55 bits per heavy atom. The van der Waals surface area contributed by atoms with Crippen LogP contribution in [0.2, 0.25) is 0 Å². The number of rotatable bonds is 0. The van der Waals surface area contributed by atoms with Crippen molar-refractivity contribution < 1.29 is 0 Å². The van der Waals surface area contributed by atoms with Gasteiger partial charge in [-0.1, -0.05) is 0 Å². The van der Waals surface area contributed by atoms with Crippen LogP contribution in [0.25, 0.3) is 0 Å². The summed E-state index contributed by atoms with van der Waals surface area (Å²) in [6, 6.07) is 2.04. The van der Waals surface area contributed by atoms with Gasteiger partial charge in [0.25, 0.3) is 0 Å². The van der Waals surface area contributed by atoms with Gasteiger partial charge in [0.2, 0.25) is 0 Å². The van der Waals surface area contributed by atoms with Crippen LogP contribution in [0.1, 0.15) is 12.5 Å². The zero-order valence-electron chi connectivity index (χ0n) is 6.33. The molecule has 1 N–H and O–H groups in total. The van der Waals surface area contributed by atoms with Crippen LogP contribution < -0.4 is 0 Å². The Labute approximate surface area is 64.9 Å². The van der Waals surface area contributed by atoms with Gasteiger partial charge in [0, 0.05) is 23.9 Å². The quantitative estimate of drug-likeness (QED) is 0.580. The van der Waals surface area contributed by atoms with Crippen molar-refractivity contribution in [3.05, 3.63) is 17.8 Å². The van der Waals surface area contributed by atoms with Crippen LogP contribution in [-0.2, 0) is 6.42 Å². The number of aromatic nitrogens is 1. The van der Waals surface area contributed by atoms with Crippen molar-refractivity contribution in [2.24, 2.45) is 9.98 Å². The lowest BCUT2D eigenvalue weighted by Crippen LogP contribution is -1.94. The molecule has 2 rings (SSSR count). The van der Waals surface area contributed by atoms with Gasteiger partial charge >= 0.3 is 0 Å². The number of hydrogen-bond donors (Lipinski definition) is 1. The number of fused-ring (bicyclic) bond motifs is 1. The molecule has 0 aliphatic carbocycles. The first kappa shape index (κ1) is 6.34. The largest absolute Gasteiger partial charge is 0.346 e. The van der Waals surface area contributed by atoms with E-state index in [1.807, 2.05) is 19.2 Å². The Kier molecular flexibility index (Phi) is 1.35. The maximum Gasteiger partial charge on any atom is 0.135 e. The molecule has 11 heavy (non-hydrogen) atoms. The van der Waals surface area contributed by atoms with E-state index in [9.17, 15) is 0 Å². The molecule has 0 spiro atoms. The molecule has 1 aromatic rings. The second-order valence-electron chi connectivity index (χ2n) is 2.64. The number of aromatic amines is 1. The van der Waals surface area contributed by atoms with Crippen molar-refractivity contribution >= 4 is 17.9 Å². The summed E-state index contributed by atoms with van der Waals surface area (Å²) in [5.41, 5.74) is 2.33. The summed E-state index contributed by atoms with van der Waals surface area (Å²) in [7, 11) is 0. The van der Waals surface area contributed by atoms with Crippen molar-refractivity contribution in [2.75, 3.05) is 0 Å². The minimum atomic E-state index is 0.902. The van der Waals surface area contributed by atoms with E-state index in [4.69, 9.17) is 0 Å². The van der Waals surface area contributed by atoms with E-state index >= 15 is 0 Å². The van der Waals surface area contributed by atoms with Crippen molar-refractivity contribution in [3.63, 3.8) is 0 Å². The molecule has 0 saturated carbocycles. The molecule has 0 amide bonds. The maximum absolute atomic E-state index is 4.13. The van der Waals surface area contributed by atoms with Gasteiger partial charge in [-0.25, -0.2) is 9.98 Å². The average molecular weight is 147 g/mol. The van der Waals surface area contributed by atoms with Gasteiger partial charge in [0.1, 0.15) is 12.2 Å². The summed E-state index contributed by atoms with van der Waals surface area (Å²) in [5.74, 6) is 0.936. The third-order valence-electron chi connectivity index (χ3n) is 1.72. The molecule has 0 bridgehead atoms. The maximum atomic E-state index is 4.13. The van der Waals surface area contributed by atoms with Crippen LogP contribution in [0.3, 0.4) is 0 Å². The SMILES string of the molecule is CC1=NC=Nc2[nH]ccc2C1. The highest BCUT2D eigenvalue weighted by atomic mass is 15.0. The van der Waals surface area contributed by atoms with Crippen LogP contribution >= 0.6 is 0 Å². The van der Waals surface area contributed by atoms with E-state index in [0.717, 1.165) is 18.0 Å². The van der Waals surface area contributed by atoms with E-state index in [-0.39, 0.29) is 0 Å². The fourth-order valence-electron chi connectivity index (χ4n) is 1.16. The molecule has 0 atom stereocenters. The van der Waals surface area contributed by atoms with Crippen molar-refractivity contribution in [1.29, 1.82) is 0 Å². The standard InChI is InChI=1S/C8H9N3/c1-6-4-7-2-3-9-8(7)11-5-10-6/h2-3,5,9H,4H2,1H3. The molecule has 0 unspecified atom stereocenters. The van der Waals surface area contributed by atoms with Crippen LogP contribution in [0.5, 0.6) is 0 Å². The molecule has 1 aromatic heterocycles. The number of nitrogens with one attached hydrogen (secondary N) is 1. The molecule has 2 heterocycles. The summed E-state index contributed by atoms with van der Waals surface area (Å²) >= 11 is 0. The number of H-pyrrole nitrogens is 1. The van der Waals surface area contributed by atoms with Crippen LogP contribution in [0, 0.1) is 0 Å². The minimum Gasteiger partial charge on any atom is -0.346 e.